The van der Waals surface area contributed by atoms with Gasteiger partial charge in [0.25, 0.3) is 0 Å². The lowest BCUT2D eigenvalue weighted by Crippen LogP contribution is -1.79. The number of halogens is 1. The van der Waals surface area contributed by atoms with Gasteiger partial charge in [-0.05, 0) is 35.5 Å². The van der Waals surface area contributed by atoms with Crippen LogP contribution in [0.5, 0.6) is 0 Å². The molecular formula is C7H9ClN2S. The molecule has 1 aromatic rings. The fraction of sp³-hybridized carbons (Fsp3) is 0.714. The predicted molar refractivity (Wildman–Crippen MR) is 46.1 cm³/mol. The number of hydrogen-bond donors (Lipinski definition) is 0. The van der Waals surface area contributed by atoms with Crippen molar-refractivity contribution in [3.8, 4) is 0 Å². The molecule has 0 aliphatic heterocycles. The average molecular weight is 189 g/mol. The SMILES string of the molecule is CC[C@@H]1C[C@H]1c1nc(Cl)ns1. The lowest BCUT2D eigenvalue weighted by atomic mass is 10.3. The van der Waals surface area contributed by atoms with Crippen LogP contribution in [0.4, 0.5) is 0 Å². The van der Waals surface area contributed by atoms with E-state index in [1.807, 2.05) is 0 Å². The lowest BCUT2D eigenvalue weighted by molar-refractivity contribution is 0.763. The molecule has 2 rings (SSSR count). The van der Waals surface area contributed by atoms with Gasteiger partial charge >= 0.3 is 0 Å². The van der Waals surface area contributed by atoms with Crippen molar-refractivity contribution < 1.29 is 0 Å². The fourth-order valence-corrected chi connectivity index (χ4v) is 2.37. The highest BCUT2D eigenvalue weighted by molar-refractivity contribution is 7.05. The summed E-state index contributed by atoms with van der Waals surface area (Å²) in [6, 6.07) is 0. The highest BCUT2D eigenvalue weighted by atomic mass is 35.5. The van der Waals surface area contributed by atoms with E-state index in [1.54, 1.807) is 0 Å². The first-order valence-electron chi connectivity index (χ1n) is 3.80. The van der Waals surface area contributed by atoms with Crippen LogP contribution in [-0.4, -0.2) is 9.36 Å². The molecule has 1 aliphatic carbocycles. The molecule has 1 aromatic heterocycles. The van der Waals surface area contributed by atoms with Gasteiger partial charge in [-0.3, -0.25) is 0 Å². The summed E-state index contributed by atoms with van der Waals surface area (Å²) < 4.78 is 3.94. The average Bonchev–Trinajstić information content (AvgIpc) is 2.68. The summed E-state index contributed by atoms with van der Waals surface area (Å²) in [7, 11) is 0. The van der Waals surface area contributed by atoms with Crippen molar-refractivity contribution >= 4 is 23.1 Å². The molecule has 0 unspecified atom stereocenters. The zero-order valence-corrected chi connectivity index (χ0v) is 7.82. The molecule has 0 saturated heterocycles. The Morgan fingerprint density at radius 2 is 2.55 bits per heavy atom. The Bertz CT molecular complexity index is 261. The highest BCUT2D eigenvalue weighted by Crippen LogP contribution is 2.49. The minimum atomic E-state index is 0.409. The number of nitrogens with zero attached hydrogens (tertiary/aromatic N) is 2. The molecular weight excluding hydrogens is 180 g/mol. The summed E-state index contributed by atoms with van der Waals surface area (Å²) >= 11 is 7.06. The van der Waals surface area contributed by atoms with Gasteiger partial charge in [-0.1, -0.05) is 13.3 Å². The molecule has 0 amide bonds. The van der Waals surface area contributed by atoms with Crippen LogP contribution < -0.4 is 0 Å². The summed E-state index contributed by atoms with van der Waals surface area (Å²) in [6.45, 7) is 2.22. The number of aromatic nitrogens is 2. The van der Waals surface area contributed by atoms with Gasteiger partial charge in [0.2, 0.25) is 5.28 Å². The third kappa shape index (κ3) is 1.40. The van der Waals surface area contributed by atoms with Crippen LogP contribution in [0, 0.1) is 5.92 Å². The van der Waals surface area contributed by atoms with Gasteiger partial charge in [-0.15, -0.1) is 0 Å². The summed E-state index contributed by atoms with van der Waals surface area (Å²) in [4.78, 5) is 4.14. The standard InChI is InChI=1S/C7H9ClN2S/c1-2-4-3-5(4)6-9-7(8)10-11-6/h4-5H,2-3H2,1H3/t4-,5-/m1/s1. The Hall–Kier alpha value is -0.150. The second-order valence-electron chi connectivity index (χ2n) is 2.91. The van der Waals surface area contributed by atoms with Gasteiger partial charge in [0.05, 0.1) is 0 Å². The normalized spacial score (nSPS) is 28.9. The third-order valence-corrected chi connectivity index (χ3v) is 3.30. The summed E-state index contributed by atoms with van der Waals surface area (Å²) in [5.41, 5.74) is 0. The van der Waals surface area contributed by atoms with E-state index >= 15 is 0 Å². The van der Waals surface area contributed by atoms with E-state index in [1.165, 1.54) is 24.4 Å². The maximum atomic E-state index is 5.61. The molecule has 4 heteroatoms. The molecule has 2 atom stereocenters. The molecule has 1 heterocycles. The van der Waals surface area contributed by atoms with Gasteiger partial charge < -0.3 is 0 Å². The van der Waals surface area contributed by atoms with Crippen molar-refractivity contribution in [3.63, 3.8) is 0 Å². The van der Waals surface area contributed by atoms with Gasteiger partial charge in [0.1, 0.15) is 5.01 Å². The van der Waals surface area contributed by atoms with Crippen LogP contribution >= 0.6 is 23.1 Å². The first kappa shape index (κ1) is 7.50. The maximum absolute atomic E-state index is 5.61. The van der Waals surface area contributed by atoms with E-state index in [-0.39, 0.29) is 0 Å². The quantitative estimate of drug-likeness (QED) is 0.713. The molecule has 0 spiro atoms. The van der Waals surface area contributed by atoms with Gasteiger partial charge in [0, 0.05) is 5.92 Å². The number of hydrogen-bond acceptors (Lipinski definition) is 3. The molecule has 2 nitrogen and oxygen atoms in total. The van der Waals surface area contributed by atoms with E-state index in [0.29, 0.717) is 11.2 Å². The molecule has 11 heavy (non-hydrogen) atoms. The van der Waals surface area contributed by atoms with Crippen LogP contribution in [0.25, 0.3) is 0 Å². The third-order valence-electron chi connectivity index (χ3n) is 2.18. The van der Waals surface area contributed by atoms with Crippen molar-refractivity contribution in [3.05, 3.63) is 10.3 Å². The Morgan fingerprint density at radius 3 is 3.00 bits per heavy atom. The van der Waals surface area contributed by atoms with E-state index in [0.717, 1.165) is 10.9 Å². The van der Waals surface area contributed by atoms with Crippen LogP contribution in [0.2, 0.25) is 5.28 Å². The molecule has 1 aliphatic rings. The van der Waals surface area contributed by atoms with Gasteiger partial charge in [0.15, 0.2) is 0 Å². The van der Waals surface area contributed by atoms with E-state index < -0.39 is 0 Å². The van der Waals surface area contributed by atoms with E-state index in [4.69, 9.17) is 11.6 Å². The van der Waals surface area contributed by atoms with Gasteiger partial charge in [-0.2, -0.15) is 4.37 Å². The van der Waals surface area contributed by atoms with Gasteiger partial charge in [-0.25, -0.2) is 4.98 Å². The first-order valence-corrected chi connectivity index (χ1v) is 4.95. The highest BCUT2D eigenvalue weighted by Gasteiger charge is 2.39. The zero-order valence-electron chi connectivity index (χ0n) is 6.25. The van der Waals surface area contributed by atoms with Crippen molar-refractivity contribution in [2.45, 2.75) is 25.7 Å². The molecule has 0 radical (unpaired) electrons. The minimum absolute atomic E-state index is 0.409. The second-order valence-corrected chi connectivity index (χ2v) is 4.03. The Balaban J connectivity index is 2.08. The largest absolute Gasteiger partial charge is 0.234 e. The molecule has 1 saturated carbocycles. The number of rotatable bonds is 2. The first-order chi connectivity index (χ1) is 5.31. The van der Waals surface area contributed by atoms with Crippen molar-refractivity contribution in [2.75, 3.05) is 0 Å². The Kier molecular flexibility index (Phi) is 1.85. The van der Waals surface area contributed by atoms with Crippen LogP contribution in [0.1, 0.15) is 30.7 Å². The van der Waals surface area contributed by atoms with Crippen LogP contribution in [0.3, 0.4) is 0 Å². The Labute approximate surface area is 74.8 Å². The van der Waals surface area contributed by atoms with Crippen molar-refractivity contribution in [1.82, 2.24) is 9.36 Å². The molecule has 60 valence electrons. The molecule has 0 N–H and O–H groups in total. The fourth-order valence-electron chi connectivity index (χ4n) is 1.37. The second kappa shape index (κ2) is 2.72. The topological polar surface area (TPSA) is 25.8 Å². The summed E-state index contributed by atoms with van der Waals surface area (Å²) in [5.74, 6) is 1.52. The van der Waals surface area contributed by atoms with Crippen LogP contribution in [-0.2, 0) is 0 Å². The zero-order chi connectivity index (χ0) is 7.84. The van der Waals surface area contributed by atoms with Crippen LogP contribution in [0.15, 0.2) is 0 Å². The Morgan fingerprint density at radius 1 is 1.73 bits per heavy atom. The van der Waals surface area contributed by atoms with Crippen molar-refractivity contribution in [1.29, 1.82) is 0 Å². The summed E-state index contributed by atoms with van der Waals surface area (Å²) in [5, 5.41) is 1.54. The smallest absolute Gasteiger partial charge is 0.209 e. The lowest BCUT2D eigenvalue weighted by Gasteiger charge is -1.87. The minimum Gasteiger partial charge on any atom is -0.209 e. The molecule has 0 aromatic carbocycles. The predicted octanol–water partition coefficient (Wildman–Crippen LogP) is 2.71. The molecule has 1 fully saturated rings. The molecule has 0 bridgehead atoms. The van der Waals surface area contributed by atoms with E-state index in [9.17, 15) is 0 Å². The van der Waals surface area contributed by atoms with E-state index in [2.05, 4.69) is 16.3 Å². The maximum Gasteiger partial charge on any atom is 0.234 e. The monoisotopic (exact) mass is 188 g/mol. The summed E-state index contributed by atoms with van der Waals surface area (Å²) in [6.07, 6.45) is 2.53. The van der Waals surface area contributed by atoms with Crippen molar-refractivity contribution in [2.24, 2.45) is 5.92 Å².